The van der Waals surface area contributed by atoms with E-state index in [1.165, 1.54) is 42.2 Å². The van der Waals surface area contributed by atoms with Crippen molar-refractivity contribution in [2.75, 3.05) is 5.32 Å². The second-order valence-electron chi connectivity index (χ2n) is 8.49. The molecule has 1 fully saturated rings. The van der Waals surface area contributed by atoms with Crippen molar-refractivity contribution >= 4 is 46.7 Å². The summed E-state index contributed by atoms with van der Waals surface area (Å²) < 4.78 is 5.23. The van der Waals surface area contributed by atoms with Crippen LogP contribution >= 0.6 is 11.6 Å². The number of fused-ring (bicyclic) bond motifs is 1. The summed E-state index contributed by atoms with van der Waals surface area (Å²) in [5.74, 6) is -2.33. The molecule has 1 unspecified atom stereocenters. The third-order valence-electron chi connectivity index (χ3n) is 6.17. The van der Waals surface area contributed by atoms with Crippen LogP contribution in [0.2, 0.25) is 5.02 Å². The third kappa shape index (κ3) is 4.88. The van der Waals surface area contributed by atoms with Crippen molar-refractivity contribution in [1.29, 1.82) is 0 Å². The third-order valence-corrected chi connectivity index (χ3v) is 6.48. The van der Waals surface area contributed by atoms with Crippen LogP contribution in [-0.4, -0.2) is 45.7 Å². The van der Waals surface area contributed by atoms with Gasteiger partial charge in [-0.1, -0.05) is 30.9 Å². The van der Waals surface area contributed by atoms with Gasteiger partial charge in [0.2, 0.25) is 0 Å². The Morgan fingerprint density at radius 2 is 1.77 bits per heavy atom. The van der Waals surface area contributed by atoms with E-state index in [1.807, 2.05) is 0 Å². The standard InChI is InChI=1S/C24H22ClN3O7/c1-13(21(29)26-20-10-8-16(28(33)34)12-19(20)25)35-24(32)14-7-9-17-18(11-14)23(31)27(22(17)30)15-5-3-2-4-6-15/h7-13,15H,2-6H2,1H3,(H,26,29). The van der Waals surface area contributed by atoms with Gasteiger partial charge in [0.25, 0.3) is 23.4 Å². The first-order valence-corrected chi connectivity index (χ1v) is 11.5. The molecule has 1 aliphatic carbocycles. The average Bonchev–Trinajstić information content (AvgIpc) is 3.09. The molecule has 10 nitrogen and oxygen atoms in total. The van der Waals surface area contributed by atoms with Gasteiger partial charge < -0.3 is 10.1 Å². The number of nitro benzene ring substituents is 1. The predicted molar refractivity (Wildman–Crippen MR) is 125 cm³/mol. The number of esters is 1. The molecule has 1 atom stereocenters. The number of amides is 3. The van der Waals surface area contributed by atoms with E-state index >= 15 is 0 Å². The number of imide groups is 1. The van der Waals surface area contributed by atoms with Gasteiger partial charge in [0.05, 0.1) is 32.3 Å². The van der Waals surface area contributed by atoms with Crippen LogP contribution in [0.4, 0.5) is 11.4 Å². The van der Waals surface area contributed by atoms with Gasteiger partial charge in [-0.25, -0.2) is 4.79 Å². The van der Waals surface area contributed by atoms with Crippen molar-refractivity contribution in [3.8, 4) is 0 Å². The number of rotatable bonds is 6. The number of nitro groups is 1. The summed E-state index contributed by atoms with van der Waals surface area (Å²) in [6.07, 6.45) is 3.30. The van der Waals surface area contributed by atoms with Crippen molar-refractivity contribution in [2.24, 2.45) is 0 Å². The van der Waals surface area contributed by atoms with Crippen molar-refractivity contribution in [2.45, 2.75) is 51.2 Å². The zero-order valence-corrected chi connectivity index (χ0v) is 19.5. The minimum Gasteiger partial charge on any atom is -0.449 e. The molecule has 0 spiro atoms. The normalized spacial score (nSPS) is 16.6. The molecular formula is C24H22ClN3O7. The van der Waals surface area contributed by atoms with E-state index in [9.17, 15) is 29.3 Å². The largest absolute Gasteiger partial charge is 0.449 e. The van der Waals surface area contributed by atoms with E-state index in [1.54, 1.807) is 0 Å². The summed E-state index contributed by atoms with van der Waals surface area (Å²) in [4.78, 5) is 62.4. The first-order chi connectivity index (χ1) is 16.7. The SMILES string of the molecule is CC(OC(=O)c1ccc2c(c1)C(=O)N(C1CCCCC1)C2=O)C(=O)Nc1ccc([N+](=O)[O-])cc1Cl. The van der Waals surface area contributed by atoms with Crippen LogP contribution in [-0.2, 0) is 9.53 Å². The highest BCUT2D eigenvalue weighted by Crippen LogP contribution is 2.32. The van der Waals surface area contributed by atoms with Crippen LogP contribution in [0.3, 0.4) is 0 Å². The lowest BCUT2D eigenvalue weighted by Gasteiger charge is -2.29. The molecule has 2 aromatic rings. The molecule has 0 saturated heterocycles. The molecule has 3 amide bonds. The van der Waals surface area contributed by atoms with Crippen LogP contribution in [0.25, 0.3) is 0 Å². The van der Waals surface area contributed by atoms with Crippen LogP contribution < -0.4 is 5.32 Å². The number of anilines is 1. The van der Waals surface area contributed by atoms with Crippen LogP contribution in [0.15, 0.2) is 36.4 Å². The van der Waals surface area contributed by atoms with Gasteiger partial charge in [-0.15, -0.1) is 0 Å². The Balaban J connectivity index is 1.43. The number of nitrogens with one attached hydrogen (secondary N) is 1. The number of hydrogen-bond donors (Lipinski definition) is 1. The van der Waals surface area contributed by atoms with Gasteiger partial charge in [-0.2, -0.15) is 0 Å². The van der Waals surface area contributed by atoms with Crippen molar-refractivity contribution in [1.82, 2.24) is 4.90 Å². The Bertz CT molecular complexity index is 1240. The predicted octanol–water partition coefficient (Wildman–Crippen LogP) is 4.36. The number of carbonyl (C=O) groups excluding carboxylic acids is 4. The second kappa shape index (κ2) is 9.83. The zero-order valence-electron chi connectivity index (χ0n) is 18.8. The van der Waals surface area contributed by atoms with Crippen molar-refractivity contribution in [3.63, 3.8) is 0 Å². The molecule has 182 valence electrons. The van der Waals surface area contributed by atoms with Crippen LogP contribution in [0.5, 0.6) is 0 Å². The molecule has 2 aromatic carbocycles. The fourth-order valence-corrected chi connectivity index (χ4v) is 4.51. The topological polar surface area (TPSA) is 136 Å². The fraction of sp³-hybridized carbons (Fsp3) is 0.333. The van der Waals surface area contributed by atoms with E-state index in [4.69, 9.17) is 16.3 Å². The number of non-ortho nitro benzene ring substituents is 1. The smallest absolute Gasteiger partial charge is 0.338 e. The maximum absolute atomic E-state index is 12.9. The zero-order chi connectivity index (χ0) is 25.3. The minimum atomic E-state index is -1.24. The van der Waals surface area contributed by atoms with Gasteiger partial charge in [0, 0.05) is 18.2 Å². The quantitative estimate of drug-likeness (QED) is 0.270. The number of halogens is 1. The van der Waals surface area contributed by atoms with Crippen molar-refractivity contribution in [3.05, 3.63) is 68.2 Å². The first-order valence-electron chi connectivity index (χ1n) is 11.1. The Hall–Kier alpha value is -3.79. The molecule has 0 radical (unpaired) electrons. The highest BCUT2D eigenvalue weighted by atomic mass is 35.5. The van der Waals surface area contributed by atoms with E-state index < -0.39 is 28.8 Å². The summed E-state index contributed by atoms with van der Waals surface area (Å²) >= 11 is 5.98. The molecule has 11 heteroatoms. The summed E-state index contributed by atoms with van der Waals surface area (Å²) in [5, 5.41) is 13.2. The van der Waals surface area contributed by atoms with Gasteiger partial charge in [-0.3, -0.25) is 29.4 Å². The molecule has 35 heavy (non-hydrogen) atoms. The van der Waals surface area contributed by atoms with E-state index in [-0.39, 0.29) is 45.0 Å². The van der Waals surface area contributed by atoms with E-state index in [0.29, 0.717) is 0 Å². The molecule has 0 aromatic heterocycles. The molecule has 1 heterocycles. The van der Waals surface area contributed by atoms with Gasteiger partial charge in [-0.05, 0) is 44.0 Å². The Labute approximate surface area is 205 Å². The van der Waals surface area contributed by atoms with Gasteiger partial charge >= 0.3 is 5.97 Å². The first kappa shape index (κ1) is 24.3. The Morgan fingerprint density at radius 1 is 1.09 bits per heavy atom. The summed E-state index contributed by atoms with van der Waals surface area (Å²) in [5.41, 5.74) is 0.303. The Morgan fingerprint density at radius 3 is 2.43 bits per heavy atom. The maximum Gasteiger partial charge on any atom is 0.338 e. The molecular weight excluding hydrogens is 478 g/mol. The molecule has 1 N–H and O–H groups in total. The lowest BCUT2D eigenvalue weighted by Crippen LogP contribution is -2.40. The number of carbonyl (C=O) groups is 4. The Kier molecular flexibility index (Phi) is 6.83. The van der Waals surface area contributed by atoms with Crippen molar-refractivity contribution < 1.29 is 28.8 Å². The molecule has 2 aliphatic rings. The maximum atomic E-state index is 12.9. The van der Waals surface area contributed by atoms with E-state index in [0.717, 1.165) is 38.2 Å². The second-order valence-corrected chi connectivity index (χ2v) is 8.90. The number of nitrogens with zero attached hydrogens (tertiary/aromatic N) is 2. The highest BCUT2D eigenvalue weighted by molar-refractivity contribution is 6.34. The van der Waals surface area contributed by atoms with Crippen LogP contribution in [0.1, 0.15) is 70.1 Å². The summed E-state index contributed by atoms with van der Waals surface area (Å²) in [6.45, 7) is 1.35. The molecule has 0 bridgehead atoms. The summed E-state index contributed by atoms with van der Waals surface area (Å²) in [7, 11) is 0. The number of hydrogen-bond acceptors (Lipinski definition) is 7. The lowest BCUT2D eigenvalue weighted by molar-refractivity contribution is -0.384. The molecule has 1 aliphatic heterocycles. The summed E-state index contributed by atoms with van der Waals surface area (Å²) in [6, 6.07) is 7.53. The van der Waals surface area contributed by atoms with Gasteiger partial charge in [0.1, 0.15) is 0 Å². The lowest BCUT2D eigenvalue weighted by atomic mass is 9.94. The number of benzene rings is 2. The number of ether oxygens (including phenoxy) is 1. The average molecular weight is 500 g/mol. The van der Waals surface area contributed by atoms with E-state index in [2.05, 4.69) is 5.32 Å². The monoisotopic (exact) mass is 499 g/mol. The molecule has 4 rings (SSSR count). The minimum absolute atomic E-state index is 0.0309. The highest BCUT2D eigenvalue weighted by Gasteiger charge is 2.40. The van der Waals surface area contributed by atoms with Crippen LogP contribution in [0, 0.1) is 10.1 Å². The molecule has 1 saturated carbocycles. The van der Waals surface area contributed by atoms with Gasteiger partial charge in [0.15, 0.2) is 6.10 Å². The fourth-order valence-electron chi connectivity index (χ4n) is 4.29.